The number of aromatic amines is 1. The fourth-order valence-corrected chi connectivity index (χ4v) is 4.28. The van der Waals surface area contributed by atoms with Crippen molar-refractivity contribution in [3.8, 4) is 0 Å². The van der Waals surface area contributed by atoms with Crippen molar-refractivity contribution in [2.45, 2.75) is 41.6 Å². The average molecular weight is 288 g/mol. The van der Waals surface area contributed by atoms with Crippen LogP contribution in [0, 0.1) is 0 Å². The smallest absolute Gasteiger partial charge is 0.183 e. The van der Waals surface area contributed by atoms with E-state index in [4.69, 9.17) is 0 Å². The van der Waals surface area contributed by atoms with Crippen LogP contribution in [0.4, 0.5) is 0 Å². The molecule has 0 spiro atoms. The van der Waals surface area contributed by atoms with Gasteiger partial charge in [-0.2, -0.15) is 5.10 Å². The molecule has 1 heterocycles. The van der Waals surface area contributed by atoms with Gasteiger partial charge < -0.3 is 5.32 Å². The quantitative estimate of drug-likeness (QED) is 0.908. The molecule has 1 aromatic heterocycles. The minimum absolute atomic E-state index is 0.534. The Morgan fingerprint density at radius 3 is 2.80 bits per heavy atom. The van der Waals surface area contributed by atoms with E-state index < -0.39 is 0 Å². The zero-order valence-corrected chi connectivity index (χ0v) is 12.4. The van der Waals surface area contributed by atoms with E-state index in [2.05, 4.69) is 57.9 Å². The molecular formula is C15H20N4S. The van der Waals surface area contributed by atoms with Crippen LogP contribution in [0.5, 0.6) is 0 Å². The van der Waals surface area contributed by atoms with E-state index in [1.165, 1.54) is 24.8 Å². The van der Waals surface area contributed by atoms with Crippen molar-refractivity contribution in [2.75, 3.05) is 7.05 Å². The monoisotopic (exact) mass is 288 g/mol. The highest BCUT2D eigenvalue weighted by atomic mass is 32.2. The molecule has 20 heavy (non-hydrogen) atoms. The topological polar surface area (TPSA) is 53.6 Å². The highest BCUT2D eigenvalue weighted by Crippen LogP contribution is 2.39. The first-order valence-electron chi connectivity index (χ1n) is 7.11. The van der Waals surface area contributed by atoms with Crippen LogP contribution in [0.2, 0.25) is 0 Å². The zero-order chi connectivity index (χ0) is 13.8. The molecule has 0 amide bonds. The Bertz CT molecular complexity index is 514. The summed E-state index contributed by atoms with van der Waals surface area (Å²) in [6.45, 7) is 0. The van der Waals surface area contributed by atoms with Crippen molar-refractivity contribution < 1.29 is 0 Å². The molecule has 3 unspecified atom stereocenters. The van der Waals surface area contributed by atoms with Crippen molar-refractivity contribution in [3.05, 3.63) is 42.2 Å². The molecule has 0 bridgehead atoms. The Hall–Kier alpha value is -1.33. The molecule has 2 aromatic rings. The van der Waals surface area contributed by atoms with E-state index >= 15 is 0 Å². The SMILES string of the molecule is CNC1CCC(c2ccccc2)CC1Sc1ncn[nH]1. The van der Waals surface area contributed by atoms with Gasteiger partial charge in [-0.1, -0.05) is 42.1 Å². The van der Waals surface area contributed by atoms with Crippen LogP contribution in [0.3, 0.4) is 0 Å². The number of nitrogens with zero attached hydrogens (tertiary/aromatic N) is 2. The largest absolute Gasteiger partial charge is 0.316 e. The average Bonchev–Trinajstić information content (AvgIpc) is 3.01. The van der Waals surface area contributed by atoms with E-state index in [0.29, 0.717) is 17.2 Å². The number of hydrogen-bond donors (Lipinski definition) is 2. The lowest BCUT2D eigenvalue weighted by atomic mass is 9.81. The van der Waals surface area contributed by atoms with E-state index in [0.717, 1.165) is 5.16 Å². The maximum atomic E-state index is 4.25. The van der Waals surface area contributed by atoms with Crippen LogP contribution >= 0.6 is 11.8 Å². The normalized spacial score (nSPS) is 26.6. The summed E-state index contributed by atoms with van der Waals surface area (Å²) >= 11 is 1.81. The van der Waals surface area contributed by atoms with Crippen LogP contribution in [-0.4, -0.2) is 33.5 Å². The van der Waals surface area contributed by atoms with Gasteiger partial charge in [0.15, 0.2) is 5.16 Å². The van der Waals surface area contributed by atoms with Crippen LogP contribution in [0.1, 0.15) is 30.7 Å². The molecule has 3 rings (SSSR count). The van der Waals surface area contributed by atoms with Gasteiger partial charge in [-0.25, -0.2) is 4.98 Å². The summed E-state index contributed by atoms with van der Waals surface area (Å²) in [6.07, 6.45) is 5.22. The van der Waals surface area contributed by atoms with Crippen LogP contribution in [0.15, 0.2) is 41.8 Å². The molecule has 3 atom stereocenters. The predicted octanol–water partition coefficient (Wildman–Crippen LogP) is 2.82. The van der Waals surface area contributed by atoms with Crippen LogP contribution in [0.25, 0.3) is 0 Å². The molecule has 0 aliphatic heterocycles. The Morgan fingerprint density at radius 1 is 1.25 bits per heavy atom. The van der Waals surface area contributed by atoms with Gasteiger partial charge in [-0.3, -0.25) is 5.10 Å². The van der Waals surface area contributed by atoms with E-state index in [1.54, 1.807) is 6.33 Å². The molecule has 1 saturated carbocycles. The Kier molecular flexibility index (Phi) is 4.38. The van der Waals surface area contributed by atoms with Crippen molar-refractivity contribution in [1.82, 2.24) is 20.5 Å². The second-order valence-electron chi connectivity index (χ2n) is 5.26. The summed E-state index contributed by atoms with van der Waals surface area (Å²) in [5.41, 5.74) is 1.46. The third kappa shape index (κ3) is 3.04. The van der Waals surface area contributed by atoms with Crippen LogP contribution in [-0.2, 0) is 0 Å². The number of hydrogen-bond acceptors (Lipinski definition) is 4. The first kappa shape index (κ1) is 13.6. The second-order valence-corrected chi connectivity index (χ2v) is 6.49. The first-order valence-corrected chi connectivity index (χ1v) is 7.99. The minimum atomic E-state index is 0.534. The number of benzene rings is 1. The lowest BCUT2D eigenvalue weighted by molar-refractivity contribution is 0.369. The summed E-state index contributed by atoms with van der Waals surface area (Å²) in [5.74, 6) is 0.654. The van der Waals surface area contributed by atoms with Gasteiger partial charge in [0.05, 0.1) is 0 Å². The molecule has 1 fully saturated rings. The molecule has 1 aliphatic rings. The van der Waals surface area contributed by atoms with E-state index in [9.17, 15) is 0 Å². The Labute approximate surface area is 123 Å². The molecule has 0 saturated heterocycles. The van der Waals surface area contributed by atoms with Gasteiger partial charge in [0, 0.05) is 11.3 Å². The molecule has 2 N–H and O–H groups in total. The number of H-pyrrole nitrogens is 1. The van der Waals surface area contributed by atoms with Crippen LogP contribution < -0.4 is 5.32 Å². The van der Waals surface area contributed by atoms with Gasteiger partial charge >= 0.3 is 0 Å². The summed E-state index contributed by atoms with van der Waals surface area (Å²) in [7, 11) is 2.06. The highest BCUT2D eigenvalue weighted by Gasteiger charge is 2.31. The maximum Gasteiger partial charge on any atom is 0.183 e. The highest BCUT2D eigenvalue weighted by molar-refractivity contribution is 7.99. The van der Waals surface area contributed by atoms with Gasteiger partial charge in [0.25, 0.3) is 0 Å². The Morgan fingerprint density at radius 2 is 2.10 bits per heavy atom. The molecule has 1 aliphatic carbocycles. The zero-order valence-electron chi connectivity index (χ0n) is 11.6. The van der Waals surface area contributed by atoms with Crippen molar-refractivity contribution in [3.63, 3.8) is 0 Å². The lowest BCUT2D eigenvalue weighted by Crippen LogP contribution is -2.40. The molecule has 0 radical (unpaired) electrons. The molecule has 1 aromatic carbocycles. The molecule has 4 nitrogen and oxygen atoms in total. The predicted molar refractivity (Wildman–Crippen MR) is 81.9 cm³/mol. The molecule has 5 heteroatoms. The number of aromatic nitrogens is 3. The van der Waals surface area contributed by atoms with Gasteiger partial charge in [-0.15, -0.1) is 0 Å². The number of nitrogens with one attached hydrogen (secondary N) is 2. The Balaban J connectivity index is 1.72. The van der Waals surface area contributed by atoms with Crippen molar-refractivity contribution in [2.24, 2.45) is 0 Å². The minimum Gasteiger partial charge on any atom is -0.316 e. The lowest BCUT2D eigenvalue weighted by Gasteiger charge is -2.35. The van der Waals surface area contributed by atoms with Gasteiger partial charge in [0.2, 0.25) is 0 Å². The number of rotatable bonds is 4. The van der Waals surface area contributed by atoms with E-state index in [1.807, 2.05) is 11.8 Å². The fourth-order valence-electron chi connectivity index (χ4n) is 3.01. The van der Waals surface area contributed by atoms with E-state index in [-0.39, 0.29) is 0 Å². The summed E-state index contributed by atoms with van der Waals surface area (Å²) in [5, 5.41) is 11.8. The number of thioether (sulfide) groups is 1. The third-order valence-corrected chi connectivity index (χ3v) is 5.33. The van der Waals surface area contributed by atoms with Crippen molar-refractivity contribution in [1.29, 1.82) is 0 Å². The molecular weight excluding hydrogens is 268 g/mol. The summed E-state index contributed by atoms with van der Waals surface area (Å²) < 4.78 is 0. The standard InChI is InChI=1S/C15H20N4S/c1-16-13-8-7-12(11-5-3-2-4-6-11)9-14(13)20-15-17-10-18-19-15/h2-6,10,12-14,16H,7-9H2,1H3,(H,17,18,19). The first-order chi connectivity index (χ1) is 9.86. The summed E-state index contributed by atoms with van der Waals surface area (Å²) in [6, 6.07) is 11.4. The molecule has 106 valence electrons. The van der Waals surface area contributed by atoms with Gasteiger partial charge in [0.1, 0.15) is 6.33 Å². The van der Waals surface area contributed by atoms with Crippen molar-refractivity contribution >= 4 is 11.8 Å². The van der Waals surface area contributed by atoms with Gasteiger partial charge in [-0.05, 0) is 37.8 Å². The summed E-state index contributed by atoms with van der Waals surface area (Å²) in [4.78, 5) is 4.25. The third-order valence-electron chi connectivity index (χ3n) is 4.09. The maximum absolute atomic E-state index is 4.25. The fraction of sp³-hybridized carbons (Fsp3) is 0.467. The second kappa shape index (κ2) is 6.41.